The van der Waals surface area contributed by atoms with Crippen molar-refractivity contribution in [3.8, 4) is 0 Å². The fourth-order valence-electron chi connectivity index (χ4n) is 2.09. The number of carbonyl (C=O) groups excluding carboxylic acids is 1. The topological polar surface area (TPSA) is 38.1 Å². The molecule has 0 aliphatic heterocycles. The number of hydrogen-bond donors (Lipinski definition) is 0. The molecule has 1 aromatic heterocycles. The maximum absolute atomic E-state index is 11.5. The Morgan fingerprint density at radius 2 is 2.14 bits per heavy atom. The van der Waals surface area contributed by atoms with E-state index in [9.17, 15) is 4.79 Å². The van der Waals surface area contributed by atoms with Crippen molar-refractivity contribution in [1.82, 2.24) is 14.5 Å². The molecular weight excluding hydrogens is 309 g/mol. The van der Waals surface area contributed by atoms with E-state index in [0.29, 0.717) is 29.7 Å². The van der Waals surface area contributed by atoms with Crippen molar-refractivity contribution in [3.63, 3.8) is 0 Å². The number of imidazole rings is 1. The predicted octanol–water partition coefficient (Wildman–Crippen LogP) is 3.61. The van der Waals surface area contributed by atoms with Crippen LogP contribution < -0.4 is 0 Å². The molecule has 0 N–H and O–H groups in total. The van der Waals surface area contributed by atoms with Gasteiger partial charge < -0.3 is 9.47 Å². The zero-order chi connectivity index (χ0) is 15.4. The molecule has 1 amide bonds. The third-order valence-corrected chi connectivity index (χ3v) is 3.90. The van der Waals surface area contributed by atoms with E-state index in [2.05, 4.69) is 4.98 Å². The number of benzene rings is 1. The highest BCUT2D eigenvalue weighted by Crippen LogP contribution is 2.22. The fraction of sp³-hybridized carbons (Fsp3) is 0.333. The number of rotatable bonds is 5. The first-order valence-corrected chi connectivity index (χ1v) is 7.46. The van der Waals surface area contributed by atoms with Gasteiger partial charge >= 0.3 is 0 Å². The number of amides is 1. The summed E-state index contributed by atoms with van der Waals surface area (Å²) in [4.78, 5) is 17.6. The van der Waals surface area contributed by atoms with Crippen LogP contribution in [-0.2, 0) is 17.9 Å². The normalized spacial score (nSPS) is 10.7. The van der Waals surface area contributed by atoms with Gasteiger partial charge in [0.15, 0.2) is 0 Å². The lowest BCUT2D eigenvalue weighted by molar-refractivity contribution is -0.129. The minimum Gasteiger partial charge on any atom is -0.336 e. The zero-order valence-corrected chi connectivity index (χ0v) is 13.5. The Hall–Kier alpha value is -1.52. The summed E-state index contributed by atoms with van der Waals surface area (Å²) in [5, 5.41) is 1.24. The van der Waals surface area contributed by atoms with Crippen LogP contribution in [0.3, 0.4) is 0 Å². The van der Waals surface area contributed by atoms with Gasteiger partial charge in [-0.05, 0) is 24.6 Å². The minimum absolute atomic E-state index is 0.0385. The van der Waals surface area contributed by atoms with Crippen molar-refractivity contribution in [2.24, 2.45) is 0 Å². The van der Waals surface area contributed by atoms with Crippen LogP contribution in [0.2, 0.25) is 10.0 Å². The lowest BCUT2D eigenvalue weighted by Gasteiger charge is -2.19. The highest BCUT2D eigenvalue weighted by atomic mass is 35.5. The molecule has 4 nitrogen and oxygen atoms in total. The number of halogens is 2. The first-order valence-electron chi connectivity index (χ1n) is 6.70. The molecule has 0 radical (unpaired) electrons. The molecule has 0 unspecified atom stereocenters. The van der Waals surface area contributed by atoms with Gasteiger partial charge in [-0.3, -0.25) is 4.79 Å². The SMILES string of the molecule is CCN(Cc1nccn1Cc1ccc(Cl)cc1Cl)C(C)=O. The van der Waals surface area contributed by atoms with Crippen molar-refractivity contribution in [3.05, 3.63) is 52.0 Å². The first-order chi connectivity index (χ1) is 10.0. The lowest BCUT2D eigenvalue weighted by atomic mass is 10.2. The van der Waals surface area contributed by atoms with Crippen molar-refractivity contribution in [2.45, 2.75) is 26.9 Å². The van der Waals surface area contributed by atoms with Gasteiger partial charge in [0.25, 0.3) is 0 Å². The fourth-order valence-corrected chi connectivity index (χ4v) is 2.55. The van der Waals surface area contributed by atoms with Gasteiger partial charge in [0.05, 0.1) is 13.1 Å². The molecule has 6 heteroatoms. The smallest absolute Gasteiger partial charge is 0.219 e. The molecule has 1 aromatic carbocycles. The van der Waals surface area contributed by atoms with E-state index in [1.165, 1.54) is 0 Å². The summed E-state index contributed by atoms with van der Waals surface area (Å²) in [7, 11) is 0. The van der Waals surface area contributed by atoms with Crippen LogP contribution in [0.1, 0.15) is 25.2 Å². The van der Waals surface area contributed by atoms with Gasteiger partial charge in [-0.1, -0.05) is 29.3 Å². The van der Waals surface area contributed by atoms with Crippen molar-refractivity contribution in [1.29, 1.82) is 0 Å². The van der Waals surface area contributed by atoms with Gasteiger partial charge in [0.2, 0.25) is 5.91 Å². The van der Waals surface area contributed by atoms with Gasteiger partial charge in [-0.15, -0.1) is 0 Å². The Morgan fingerprint density at radius 3 is 2.76 bits per heavy atom. The van der Waals surface area contributed by atoms with Crippen molar-refractivity contribution in [2.75, 3.05) is 6.54 Å². The number of hydrogen-bond acceptors (Lipinski definition) is 2. The van der Waals surface area contributed by atoms with Gasteiger partial charge in [0, 0.05) is 35.9 Å². The zero-order valence-electron chi connectivity index (χ0n) is 12.0. The van der Waals surface area contributed by atoms with E-state index >= 15 is 0 Å². The molecule has 0 atom stereocenters. The Morgan fingerprint density at radius 1 is 1.38 bits per heavy atom. The first kappa shape index (κ1) is 15.9. The average Bonchev–Trinajstić information content (AvgIpc) is 2.86. The molecular formula is C15H17Cl2N3O. The van der Waals surface area contributed by atoms with E-state index in [1.807, 2.05) is 29.8 Å². The summed E-state index contributed by atoms with van der Waals surface area (Å²) >= 11 is 12.1. The summed E-state index contributed by atoms with van der Waals surface area (Å²) in [6.45, 7) is 5.26. The van der Waals surface area contributed by atoms with Crippen molar-refractivity contribution >= 4 is 29.1 Å². The highest BCUT2D eigenvalue weighted by molar-refractivity contribution is 6.35. The maximum atomic E-state index is 11.5. The third-order valence-electron chi connectivity index (χ3n) is 3.32. The molecule has 0 fully saturated rings. The predicted molar refractivity (Wildman–Crippen MR) is 84.6 cm³/mol. The van der Waals surface area contributed by atoms with Crippen LogP contribution in [0.25, 0.3) is 0 Å². The quantitative estimate of drug-likeness (QED) is 0.842. The number of aromatic nitrogens is 2. The second kappa shape index (κ2) is 6.96. The Labute approximate surface area is 134 Å². The Balaban J connectivity index is 2.18. The van der Waals surface area contributed by atoms with E-state index in [0.717, 1.165) is 11.4 Å². The molecule has 0 saturated heterocycles. The number of nitrogens with zero attached hydrogens (tertiary/aromatic N) is 3. The van der Waals surface area contributed by atoms with Crippen molar-refractivity contribution < 1.29 is 4.79 Å². The van der Waals surface area contributed by atoms with Crippen LogP contribution >= 0.6 is 23.2 Å². The van der Waals surface area contributed by atoms with Crippen LogP contribution in [-0.4, -0.2) is 26.9 Å². The standard InChI is InChI=1S/C15H17Cl2N3O/c1-3-19(11(2)21)10-15-18-6-7-20(15)9-12-4-5-13(16)8-14(12)17/h4-8H,3,9-10H2,1-2H3. The molecule has 0 aliphatic carbocycles. The summed E-state index contributed by atoms with van der Waals surface area (Å²) < 4.78 is 1.99. The van der Waals surface area contributed by atoms with Crippen LogP contribution in [0, 0.1) is 0 Å². The van der Waals surface area contributed by atoms with Crippen LogP contribution in [0.4, 0.5) is 0 Å². The molecule has 2 aromatic rings. The number of carbonyl (C=O) groups is 1. The molecule has 21 heavy (non-hydrogen) atoms. The Kier molecular flexibility index (Phi) is 5.26. The molecule has 112 valence electrons. The maximum Gasteiger partial charge on any atom is 0.219 e. The van der Waals surface area contributed by atoms with E-state index in [1.54, 1.807) is 24.1 Å². The molecule has 0 saturated carbocycles. The molecule has 0 aliphatic rings. The van der Waals surface area contributed by atoms with E-state index in [-0.39, 0.29) is 5.91 Å². The van der Waals surface area contributed by atoms with Crippen LogP contribution in [0.5, 0.6) is 0 Å². The van der Waals surface area contributed by atoms with Gasteiger partial charge in [0.1, 0.15) is 5.82 Å². The van der Waals surface area contributed by atoms with Crippen LogP contribution in [0.15, 0.2) is 30.6 Å². The highest BCUT2D eigenvalue weighted by Gasteiger charge is 2.12. The summed E-state index contributed by atoms with van der Waals surface area (Å²) in [5.41, 5.74) is 0.964. The summed E-state index contributed by atoms with van der Waals surface area (Å²) in [5.74, 6) is 0.870. The summed E-state index contributed by atoms with van der Waals surface area (Å²) in [6.07, 6.45) is 3.61. The Bertz CT molecular complexity index is 640. The van der Waals surface area contributed by atoms with Gasteiger partial charge in [-0.25, -0.2) is 4.98 Å². The summed E-state index contributed by atoms with van der Waals surface area (Å²) in [6, 6.07) is 5.44. The molecule has 2 rings (SSSR count). The third kappa shape index (κ3) is 3.99. The molecule has 0 spiro atoms. The van der Waals surface area contributed by atoms with E-state index in [4.69, 9.17) is 23.2 Å². The molecule has 0 bridgehead atoms. The van der Waals surface area contributed by atoms with Gasteiger partial charge in [-0.2, -0.15) is 0 Å². The monoisotopic (exact) mass is 325 g/mol. The van der Waals surface area contributed by atoms with E-state index < -0.39 is 0 Å². The lowest BCUT2D eigenvalue weighted by Crippen LogP contribution is -2.29. The second-order valence-corrected chi connectivity index (χ2v) is 5.58. The minimum atomic E-state index is 0.0385. The second-order valence-electron chi connectivity index (χ2n) is 4.74. The molecule has 1 heterocycles. The largest absolute Gasteiger partial charge is 0.336 e. The average molecular weight is 326 g/mol.